The minimum Gasteiger partial charge on any atom is -0.456 e. The molecule has 6 atom stereocenters. The Morgan fingerprint density at radius 1 is 0.443 bits per heavy atom. The average Bonchev–Trinajstić information content (AvgIpc) is 1.28. The van der Waals surface area contributed by atoms with E-state index < -0.39 is 36.1 Å². The predicted molar refractivity (Wildman–Crippen MR) is 373 cm³/mol. The number of benzene rings is 4. The van der Waals surface area contributed by atoms with Crippen LogP contribution in [-0.4, -0.2) is 111 Å². The molecule has 6 N–H and O–H groups in total. The maximum atomic E-state index is 13.0. The Kier molecular flexibility index (Phi) is 33.4. The summed E-state index contributed by atoms with van der Waals surface area (Å²) < 4.78 is 16.8. The van der Waals surface area contributed by atoms with Crippen molar-refractivity contribution in [3.63, 3.8) is 0 Å². The Balaban J connectivity index is 0.000000208. The Morgan fingerprint density at radius 2 is 0.784 bits per heavy atom. The Morgan fingerprint density at radius 3 is 1.14 bits per heavy atom. The van der Waals surface area contributed by atoms with E-state index in [1.165, 1.54) is 37.7 Å². The zero-order chi connectivity index (χ0) is 68.8. The van der Waals surface area contributed by atoms with E-state index in [1.54, 1.807) is 0 Å². The molecule has 522 valence electrons. The highest BCUT2D eigenvalue weighted by atomic mass is 16.6. The van der Waals surface area contributed by atoms with Crippen LogP contribution in [0.3, 0.4) is 0 Å². The number of carbonyl (C=O) groups is 9. The van der Waals surface area contributed by atoms with Crippen LogP contribution in [0.4, 0.5) is 0 Å². The molecule has 4 aliphatic heterocycles. The highest BCUT2D eigenvalue weighted by molar-refractivity contribution is 5.87. The minimum atomic E-state index is -0.557. The van der Waals surface area contributed by atoms with Crippen molar-refractivity contribution in [2.75, 3.05) is 52.4 Å². The number of rotatable bonds is 17. The first kappa shape index (κ1) is 75.7. The van der Waals surface area contributed by atoms with Gasteiger partial charge in [0.05, 0.1) is 37.4 Å². The molecule has 97 heavy (non-hydrogen) atoms. The molecular weight excluding hydrogens is 1230 g/mol. The van der Waals surface area contributed by atoms with Gasteiger partial charge in [0.1, 0.15) is 18.3 Å². The first-order valence-corrected chi connectivity index (χ1v) is 35.2. The molecule has 4 heterocycles. The molecule has 3 unspecified atom stereocenters. The minimum absolute atomic E-state index is 0.0720. The van der Waals surface area contributed by atoms with Crippen molar-refractivity contribution in [2.24, 2.45) is 35.5 Å². The molecular formula is C78H103N7O12. The van der Waals surface area contributed by atoms with Gasteiger partial charge in [-0.2, -0.15) is 0 Å². The van der Waals surface area contributed by atoms with Crippen molar-refractivity contribution >= 4 is 53.4 Å². The van der Waals surface area contributed by atoms with Crippen LogP contribution in [0.15, 0.2) is 158 Å². The molecule has 1 aliphatic carbocycles. The fourth-order valence-electron chi connectivity index (χ4n) is 12.2. The van der Waals surface area contributed by atoms with Gasteiger partial charge < -0.3 is 46.1 Å². The lowest BCUT2D eigenvalue weighted by atomic mass is 9.89. The number of hydrogen-bond acceptors (Lipinski definition) is 13. The van der Waals surface area contributed by atoms with E-state index in [-0.39, 0.29) is 105 Å². The van der Waals surface area contributed by atoms with Crippen LogP contribution < -0.4 is 31.9 Å². The molecule has 5 aliphatic rings. The number of nitrogens with one attached hydrogen (secondary N) is 6. The maximum Gasteiger partial charge on any atom is 0.306 e. The number of likely N-dealkylation sites (tertiary alicyclic amines) is 1. The SMILES string of the molecule is CC(C)CNC(=O)C[C@@H]1C/C=C/CCC(=O)OC(c2ccccc2)CNC1=O.O=C(C[C@@H]1C/C=C/CCC(=O)OC(c2ccccc2)CNC1=O)NCC1CCCCC1.O=C(C[C@@H]1C/C=C/CCC(=O)OC(c2ccccc2)CNC1=O)NCC1CCN(Cc2ccccc2)CC1. The Hall–Kier alpha value is -8.71. The van der Waals surface area contributed by atoms with E-state index in [0.717, 1.165) is 49.2 Å². The fourth-order valence-corrected chi connectivity index (χ4v) is 12.2. The molecule has 0 bridgehead atoms. The molecule has 6 amide bonds. The lowest BCUT2D eigenvalue weighted by Gasteiger charge is -2.32. The summed E-state index contributed by atoms with van der Waals surface area (Å²) in [6, 6.07) is 38.7. The van der Waals surface area contributed by atoms with Crippen molar-refractivity contribution in [1.82, 2.24) is 36.8 Å². The lowest BCUT2D eigenvalue weighted by Crippen LogP contribution is -2.40. The number of piperidine rings is 1. The number of ether oxygens (including phenoxy) is 3. The summed E-state index contributed by atoms with van der Waals surface area (Å²) in [4.78, 5) is 115. The lowest BCUT2D eigenvalue weighted by molar-refractivity contribution is -0.150. The number of esters is 3. The van der Waals surface area contributed by atoms with Crippen molar-refractivity contribution < 1.29 is 57.4 Å². The van der Waals surface area contributed by atoms with E-state index in [9.17, 15) is 43.2 Å². The number of allylic oxidation sites excluding steroid dienone is 6. The van der Waals surface area contributed by atoms with E-state index in [4.69, 9.17) is 14.2 Å². The molecule has 1 saturated carbocycles. The fraction of sp³-hybridized carbons (Fsp3) is 0.500. The number of nitrogens with zero attached hydrogens (tertiary/aromatic N) is 1. The second kappa shape index (κ2) is 42.8. The van der Waals surface area contributed by atoms with Gasteiger partial charge in [-0.1, -0.05) is 191 Å². The summed E-state index contributed by atoms with van der Waals surface area (Å²) in [5.74, 6) is -1.73. The second-order valence-electron chi connectivity index (χ2n) is 26.4. The van der Waals surface area contributed by atoms with Crippen LogP contribution in [0.25, 0.3) is 0 Å². The average molecular weight is 1330 g/mol. The molecule has 19 nitrogen and oxygen atoms in total. The van der Waals surface area contributed by atoms with Gasteiger partial charge >= 0.3 is 17.9 Å². The summed E-state index contributed by atoms with van der Waals surface area (Å²) in [6.45, 7) is 9.57. The highest BCUT2D eigenvalue weighted by Gasteiger charge is 2.29. The van der Waals surface area contributed by atoms with Crippen LogP contribution in [0, 0.1) is 35.5 Å². The topological polar surface area (TPSA) is 257 Å². The molecule has 0 radical (unpaired) electrons. The van der Waals surface area contributed by atoms with E-state index in [0.29, 0.717) is 82.3 Å². The summed E-state index contributed by atoms with van der Waals surface area (Å²) in [5.41, 5.74) is 3.83. The quantitative estimate of drug-likeness (QED) is 0.0327. The van der Waals surface area contributed by atoms with Gasteiger partial charge in [-0.05, 0) is 117 Å². The van der Waals surface area contributed by atoms with Crippen molar-refractivity contribution in [2.45, 2.75) is 161 Å². The maximum absolute atomic E-state index is 13.0. The summed E-state index contributed by atoms with van der Waals surface area (Å²) in [5, 5.41) is 17.7. The summed E-state index contributed by atoms with van der Waals surface area (Å²) in [7, 11) is 0. The zero-order valence-corrected chi connectivity index (χ0v) is 56.9. The van der Waals surface area contributed by atoms with Gasteiger partial charge in [-0.3, -0.25) is 48.1 Å². The molecule has 4 aromatic carbocycles. The van der Waals surface area contributed by atoms with Gasteiger partial charge in [0, 0.05) is 64.7 Å². The van der Waals surface area contributed by atoms with E-state index in [1.807, 2.05) is 147 Å². The van der Waals surface area contributed by atoms with Gasteiger partial charge in [0.25, 0.3) is 0 Å². The highest BCUT2D eigenvalue weighted by Crippen LogP contribution is 2.26. The molecule has 0 aromatic heterocycles. The first-order valence-electron chi connectivity index (χ1n) is 35.2. The van der Waals surface area contributed by atoms with Crippen LogP contribution in [-0.2, 0) is 63.9 Å². The predicted octanol–water partition coefficient (Wildman–Crippen LogP) is 10.9. The number of cyclic esters (lactones) is 3. The standard InChI is InChI=1S/C31H39N3O4.C25H34N2O4.C22H30N2O4/c35-29(32-21-24-16-18-34(19-17-24)23-25-10-4-1-5-11-25)20-27-14-8-3-9-15-30(36)38-28(22-33-31(27)37)26-12-6-2-7-13-26;28-23(26-17-19-10-4-1-5-11-19)16-21-14-8-3-9-15-24(29)31-22(18-27-25(21)30)20-12-6-2-7-13-20;1-16(2)14-23-20(25)13-18-11-7-4-8-12-21(26)28-19(15-24-22(18)27)17-9-5-3-6-10-17/h1-8,10-13,24,27-28H,9,14-23H2,(H,32,35)(H,33,37);2-3,6-8,12-13,19,21-22H,1,4-5,9-11,14-18H2,(H,26,28)(H,27,30);3-7,9-10,16,18-19H,8,11-15H2,1-2H3,(H,23,25)(H,24,27)/b2*8-3+;7-4+/t27-,28?;21-,22?;18-,19?/m000/s1. The van der Waals surface area contributed by atoms with Crippen LogP contribution in [0.5, 0.6) is 0 Å². The monoisotopic (exact) mass is 1330 g/mol. The molecule has 1 saturated heterocycles. The van der Waals surface area contributed by atoms with E-state index >= 15 is 0 Å². The molecule has 9 rings (SSSR count). The third-order valence-corrected chi connectivity index (χ3v) is 18.0. The van der Waals surface area contributed by atoms with Crippen LogP contribution in [0.1, 0.15) is 176 Å². The zero-order valence-electron chi connectivity index (χ0n) is 56.9. The third-order valence-electron chi connectivity index (χ3n) is 18.0. The Bertz CT molecular complexity index is 3170. The van der Waals surface area contributed by atoms with Crippen molar-refractivity contribution in [3.8, 4) is 0 Å². The second-order valence-corrected chi connectivity index (χ2v) is 26.4. The first-order chi connectivity index (χ1) is 47.1. The molecule has 4 aromatic rings. The van der Waals surface area contributed by atoms with Crippen LogP contribution in [0.2, 0.25) is 0 Å². The number of carbonyl (C=O) groups excluding carboxylic acids is 9. The Labute approximate surface area is 573 Å². The van der Waals surface area contributed by atoms with E-state index in [2.05, 4.69) is 61.1 Å². The number of amides is 6. The molecule has 0 spiro atoms. The van der Waals surface area contributed by atoms with Gasteiger partial charge in [0.2, 0.25) is 35.4 Å². The summed E-state index contributed by atoms with van der Waals surface area (Å²) >= 11 is 0. The third kappa shape index (κ3) is 29.3. The van der Waals surface area contributed by atoms with Crippen molar-refractivity contribution in [1.29, 1.82) is 0 Å². The largest absolute Gasteiger partial charge is 0.456 e. The van der Waals surface area contributed by atoms with Gasteiger partial charge in [-0.15, -0.1) is 0 Å². The molecule has 19 heteroatoms. The van der Waals surface area contributed by atoms with Crippen LogP contribution >= 0.6 is 0 Å². The smallest absolute Gasteiger partial charge is 0.306 e. The summed E-state index contributed by atoms with van der Waals surface area (Å²) in [6.07, 6.45) is 22.2. The normalized spacial score (nSPS) is 23.3. The van der Waals surface area contributed by atoms with Gasteiger partial charge in [-0.25, -0.2) is 0 Å². The van der Waals surface area contributed by atoms with Gasteiger partial charge in [0.15, 0.2) is 0 Å². The number of hydrogen-bond donors (Lipinski definition) is 6. The van der Waals surface area contributed by atoms with Crippen molar-refractivity contribution in [3.05, 3.63) is 180 Å². The molecule has 2 fully saturated rings.